The maximum absolute atomic E-state index is 12.6. The van der Waals surface area contributed by atoms with Crippen LogP contribution in [-0.4, -0.2) is 32.9 Å². The molecule has 1 saturated heterocycles. The number of hydrogen-bond donors (Lipinski definition) is 1. The van der Waals surface area contributed by atoms with Gasteiger partial charge in [0.15, 0.2) is 4.67 Å². The third-order valence-corrected chi connectivity index (χ3v) is 6.34. The number of halogens is 1. The van der Waals surface area contributed by atoms with Gasteiger partial charge in [0.05, 0.1) is 6.54 Å². The fourth-order valence-electron chi connectivity index (χ4n) is 2.63. The van der Waals surface area contributed by atoms with E-state index in [9.17, 15) is 8.42 Å². The summed E-state index contributed by atoms with van der Waals surface area (Å²) in [6, 6.07) is 1.60. The summed E-state index contributed by atoms with van der Waals surface area (Å²) in [5.74, 6) is 1.10. The molecule has 0 amide bonds. The molecule has 2 rings (SSSR count). The molecule has 0 bridgehead atoms. The highest BCUT2D eigenvalue weighted by atomic mass is 79.9. The van der Waals surface area contributed by atoms with Crippen LogP contribution in [0.4, 0.5) is 0 Å². The minimum absolute atomic E-state index is 0.236. The van der Waals surface area contributed by atoms with Gasteiger partial charge in [-0.1, -0.05) is 13.3 Å². The van der Waals surface area contributed by atoms with Gasteiger partial charge in [0.2, 0.25) is 10.0 Å². The quantitative estimate of drug-likeness (QED) is 0.842. The molecule has 1 atom stereocenters. The Morgan fingerprint density at radius 3 is 2.95 bits per heavy atom. The van der Waals surface area contributed by atoms with Crippen LogP contribution in [0.3, 0.4) is 0 Å². The summed E-state index contributed by atoms with van der Waals surface area (Å²) in [5.41, 5.74) is 0. The molecule has 1 unspecified atom stereocenters. The Morgan fingerprint density at radius 1 is 1.55 bits per heavy atom. The maximum Gasteiger partial charge on any atom is 0.247 e. The standard InChI is InChI=1S/C13H21BrN2O3S/c1-3-4-10-5-6-16(9-10)20(17,18)12-7-11(8-15-2)19-13(12)14/h7,10,15H,3-6,8-9H2,1-2H3. The Morgan fingerprint density at radius 2 is 2.30 bits per heavy atom. The molecule has 5 nitrogen and oxygen atoms in total. The van der Waals surface area contributed by atoms with Gasteiger partial charge in [-0.05, 0) is 41.7 Å². The van der Waals surface area contributed by atoms with Gasteiger partial charge in [-0.25, -0.2) is 8.42 Å². The van der Waals surface area contributed by atoms with E-state index in [2.05, 4.69) is 28.2 Å². The average molecular weight is 365 g/mol. The van der Waals surface area contributed by atoms with Crippen molar-refractivity contribution < 1.29 is 12.8 Å². The molecular formula is C13H21BrN2O3S. The van der Waals surface area contributed by atoms with E-state index in [1.807, 2.05) is 0 Å². The lowest BCUT2D eigenvalue weighted by molar-refractivity contribution is 0.440. The molecule has 0 aliphatic carbocycles. The third-order valence-electron chi connectivity index (χ3n) is 3.62. The largest absolute Gasteiger partial charge is 0.452 e. The van der Waals surface area contributed by atoms with Crippen molar-refractivity contribution in [3.05, 3.63) is 16.5 Å². The van der Waals surface area contributed by atoms with Gasteiger partial charge in [-0.3, -0.25) is 0 Å². The van der Waals surface area contributed by atoms with E-state index in [0.717, 1.165) is 19.3 Å². The van der Waals surface area contributed by atoms with E-state index >= 15 is 0 Å². The van der Waals surface area contributed by atoms with Crippen molar-refractivity contribution in [3.8, 4) is 0 Å². The fourth-order valence-corrected chi connectivity index (χ4v) is 5.13. The molecule has 1 aliphatic heterocycles. The highest BCUT2D eigenvalue weighted by Crippen LogP contribution is 2.32. The molecule has 0 spiro atoms. The van der Waals surface area contributed by atoms with E-state index in [1.54, 1.807) is 17.4 Å². The third kappa shape index (κ3) is 3.27. The highest BCUT2D eigenvalue weighted by molar-refractivity contribution is 9.10. The molecule has 0 aromatic carbocycles. The van der Waals surface area contributed by atoms with Gasteiger partial charge >= 0.3 is 0 Å². The van der Waals surface area contributed by atoms with Gasteiger partial charge in [0, 0.05) is 19.2 Å². The van der Waals surface area contributed by atoms with Gasteiger partial charge in [-0.15, -0.1) is 0 Å². The first-order valence-corrected chi connectivity index (χ1v) is 9.15. The highest BCUT2D eigenvalue weighted by Gasteiger charge is 2.34. The van der Waals surface area contributed by atoms with E-state index in [1.165, 1.54) is 0 Å². The fraction of sp³-hybridized carbons (Fsp3) is 0.692. The zero-order valence-electron chi connectivity index (χ0n) is 11.9. The Labute approximate surface area is 128 Å². The minimum atomic E-state index is -3.45. The second-order valence-corrected chi connectivity index (χ2v) is 7.81. The molecule has 0 radical (unpaired) electrons. The summed E-state index contributed by atoms with van der Waals surface area (Å²) < 4.78 is 32.6. The van der Waals surface area contributed by atoms with Crippen molar-refractivity contribution in [1.82, 2.24) is 9.62 Å². The number of nitrogens with one attached hydrogen (secondary N) is 1. The molecule has 20 heavy (non-hydrogen) atoms. The lowest BCUT2D eigenvalue weighted by Gasteiger charge is -2.15. The Kier molecular flexibility index (Phi) is 5.28. The molecule has 1 fully saturated rings. The van der Waals surface area contributed by atoms with E-state index in [4.69, 9.17) is 4.42 Å². The molecule has 2 heterocycles. The molecule has 7 heteroatoms. The SMILES string of the molecule is CCCC1CCN(S(=O)(=O)c2cc(CNC)oc2Br)C1. The summed E-state index contributed by atoms with van der Waals surface area (Å²) in [7, 11) is -1.66. The van der Waals surface area contributed by atoms with Gasteiger partial charge in [-0.2, -0.15) is 4.31 Å². The van der Waals surface area contributed by atoms with E-state index < -0.39 is 10.0 Å². The van der Waals surface area contributed by atoms with Crippen LogP contribution in [-0.2, 0) is 16.6 Å². The maximum atomic E-state index is 12.6. The van der Waals surface area contributed by atoms with Crippen molar-refractivity contribution in [1.29, 1.82) is 0 Å². The van der Waals surface area contributed by atoms with Crippen LogP contribution in [0.5, 0.6) is 0 Å². The first-order chi connectivity index (χ1) is 9.48. The van der Waals surface area contributed by atoms with Crippen LogP contribution in [0.1, 0.15) is 31.9 Å². The van der Waals surface area contributed by atoms with Crippen LogP contribution in [0.25, 0.3) is 0 Å². The zero-order valence-corrected chi connectivity index (χ0v) is 14.3. The van der Waals surface area contributed by atoms with Gasteiger partial charge in [0.25, 0.3) is 0 Å². The van der Waals surface area contributed by atoms with Crippen LogP contribution in [0.15, 0.2) is 20.0 Å². The van der Waals surface area contributed by atoms with Crippen molar-refractivity contribution in [2.75, 3.05) is 20.1 Å². The van der Waals surface area contributed by atoms with Crippen molar-refractivity contribution >= 4 is 26.0 Å². The molecule has 1 aromatic heterocycles. The summed E-state index contributed by atoms with van der Waals surface area (Å²) in [5, 5.41) is 2.95. The van der Waals surface area contributed by atoms with E-state index in [-0.39, 0.29) is 4.90 Å². The average Bonchev–Trinajstić information content (AvgIpc) is 2.98. The van der Waals surface area contributed by atoms with Crippen molar-refractivity contribution in [3.63, 3.8) is 0 Å². The van der Waals surface area contributed by atoms with Crippen LogP contribution >= 0.6 is 15.9 Å². The van der Waals surface area contributed by atoms with Gasteiger partial charge in [0.1, 0.15) is 10.7 Å². The predicted molar refractivity (Wildman–Crippen MR) is 80.9 cm³/mol. The van der Waals surface area contributed by atoms with Gasteiger partial charge < -0.3 is 9.73 Å². The summed E-state index contributed by atoms with van der Waals surface area (Å²) >= 11 is 3.22. The van der Waals surface area contributed by atoms with Crippen molar-refractivity contribution in [2.45, 2.75) is 37.6 Å². The lowest BCUT2D eigenvalue weighted by Crippen LogP contribution is -2.28. The van der Waals surface area contributed by atoms with Crippen LogP contribution < -0.4 is 5.32 Å². The molecule has 114 valence electrons. The number of sulfonamides is 1. The predicted octanol–water partition coefficient (Wildman–Crippen LogP) is 2.57. The number of furan rings is 1. The zero-order chi connectivity index (χ0) is 14.8. The molecule has 1 N–H and O–H groups in total. The number of hydrogen-bond acceptors (Lipinski definition) is 4. The van der Waals surface area contributed by atoms with Crippen molar-refractivity contribution in [2.24, 2.45) is 5.92 Å². The number of nitrogens with zero attached hydrogens (tertiary/aromatic N) is 1. The minimum Gasteiger partial charge on any atom is -0.452 e. The Bertz CT molecular complexity index is 556. The summed E-state index contributed by atoms with van der Waals surface area (Å²) in [4.78, 5) is 0.236. The monoisotopic (exact) mass is 364 g/mol. The molecule has 0 saturated carbocycles. The normalized spacial score (nSPS) is 20.6. The molecule has 1 aliphatic rings. The first-order valence-electron chi connectivity index (χ1n) is 6.92. The summed E-state index contributed by atoms with van der Waals surface area (Å²) in [6.45, 7) is 3.86. The van der Waals surface area contributed by atoms with Crippen LogP contribution in [0.2, 0.25) is 0 Å². The Hall–Kier alpha value is -0.370. The first kappa shape index (κ1) is 16.0. The molecule has 1 aromatic rings. The van der Waals surface area contributed by atoms with Crippen LogP contribution in [0, 0.1) is 5.92 Å². The smallest absolute Gasteiger partial charge is 0.247 e. The molecular weight excluding hydrogens is 344 g/mol. The topological polar surface area (TPSA) is 62.6 Å². The lowest BCUT2D eigenvalue weighted by atomic mass is 10.0. The summed E-state index contributed by atoms with van der Waals surface area (Å²) in [6.07, 6.45) is 3.13. The Balaban J connectivity index is 2.18. The van der Waals surface area contributed by atoms with E-state index in [0.29, 0.717) is 36.0 Å². The second kappa shape index (κ2) is 6.60. The second-order valence-electron chi connectivity index (χ2n) is 5.19. The number of rotatable bonds is 6.